The molecule has 0 saturated heterocycles. The summed E-state index contributed by atoms with van der Waals surface area (Å²) in [6.45, 7) is 7.78. The van der Waals surface area contributed by atoms with Gasteiger partial charge in [0.2, 0.25) is 5.78 Å². The molecule has 0 amide bonds. The maximum absolute atomic E-state index is 13.8. The zero-order valence-corrected chi connectivity index (χ0v) is 24.1. The van der Waals surface area contributed by atoms with Crippen molar-refractivity contribution in [3.8, 4) is 22.5 Å². The molecule has 2 aromatic heterocycles. The van der Waals surface area contributed by atoms with Gasteiger partial charge >= 0.3 is 7.47 Å². The highest BCUT2D eigenvalue weighted by atomic mass is 19.2. The molecule has 9 heteroatoms. The van der Waals surface area contributed by atoms with E-state index in [-0.39, 0.29) is 11.5 Å². The molecule has 0 aliphatic heterocycles. The molecule has 2 aromatic carbocycles. The molecule has 2 N–H and O–H groups in total. The molecule has 0 unspecified atom stereocenters. The van der Waals surface area contributed by atoms with Crippen LogP contribution in [0.5, 0.6) is 0 Å². The van der Waals surface area contributed by atoms with Crippen molar-refractivity contribution >= 4 is 31.6 Å². The van der Waals surface area contributed by atoms with Gasteiger partial charge in [-0.15, -0.1) is 0 Å². The van der Waals surface area contributed by atoms with Gasteiger partial charge in [0.25, 0.3) is 0 Å². The van der Waals surface area contributed by atoms with Crippen LogP contribution in [0.4, 0.5) is 8.63 Å². The molecule has 6 nitrogen and oxygen atoms in total. The lowest BCUT2D eigenvalue weighted by Gasteiger charge is -2.10. The van der Waals surface area contributed by atoms with Crippen LogP contribution in [0.3, 0.4) is 0 Å². The van der Waals surface area contributed by atoms with E-state index in [1.807, 2.05) is 39.8 Å². The van der Waals surface area contributed by atoms with E-state index in [0.29, 0.717) is 53.9 Å². The Kier molecular flexibility index (Phi) is 9.73. The number of rotatable bonds is 13. The monoisotopic (exact) mass is 570 g/mol. The first-order valence-corrected chi connectivity index (χ1v) is 14.1. The van der Waals surface area contributed by atoms with Crippen LogP contribution in [0.2, 0.25) is 0 Å². The predicted molar refractivity (Wildman–Crippen MR) is 162 cm³/mol. The van der Waals surface area contributed by atoms with Gasteiger partial charge in [0, 0.05) is 28.6 Å². The number of carbonyl (C=O) groups excluding carboxylic acids is 3. The minimum atomic E-state index is -3.16. The summed E-state index contributed by atoms with van der Waals surface area (Å²) in [7, 11) is -3.16. The topological polar surface area (TPSA) is 92.0 Å². The second-order valence-electron chi connectivity index (χ2n) is 9.82. The normalized spacial score (nSPS) is 11.4. The van der Waals surface area contributed by atoms with Crippen molar-refractivity contribution in [1.82, 2.24) is 9.97 Å². The van der Waals surface area contributed by atoms with Gasteiger partial charge in [-0.25, -0.2) is 8.63 Å². The Morgan fingerprint density at radius 2 is 1.19 bits per heavy atom. The Hall–Kier alpha value is -4.53. The van der Waals surface area contributed by atoms with Gasteiger partial charge in [-0.1, -0.05) is 64.1 Å². The molecule has 4 rings (SSSR count). The average Bonchev–Trinajstić information content (AvgIpc) is 3.58. The van der Waals surface area contributed by atoms with E-state index in [1.165, 1.54) is 0 Å². The largest absolute Gasteiger partial charge is 0.796 e. The standard InChI is InChI=1S/C33H33BF2N2O4/c1-5-24-26(7-3)32(37-30(24)22-13-9-11-20(15-22)18-39)28(41)17-29(42-34(35)36)33-27(8-4)25(6-2)31(38-33)23-14-10-12-21(16-23)19-40/h9-19,37-38H,5-8H2,1-4H3/b29-17-. The maximum Gasteiger partial charge on any atom is 0.796 e. The number of benzene rings is 2. The number of aromatic nitrogens is 2. The number of H-pyrrole nitrogens is 2. The van der Waals surface area contributed by atoms with E-state index in [4.69, 9.17) is 4.65 Å². The van der Waals surface area contributed by atoms with E-state index >= 15 is 0 Å². The highest BCUT2D eigenvalue weighted by Gasteiger charge is 2.28. The number of ketones is 1. The van der Waals surface area contributed by atoms with Gasteiger partial charge < -0.3 is 14.6 Å². The third kappa shape index (κ3) is 6.05. The lowest BCUT2D eigenvalue weighted by Crippen LogP contribution is -2.09. The fourth-order valence-corrected chi connectivity index (χ4v) is 5.62. The minimum Gasteiger partial charge on any atom is -0.503 e. The van der Waals surface area contributed by atoms with Gasteiger partial charge in [-0.2, -0.15) is 0 Å². The predicted octanol–water partition coefficient (Wildman–Crippen LogP) is 7.72. The van der Waals surface area contributed by atoms with Gasteiger partial charge in [-0.3, -0.25) is 14.4 Å². The van der Waals surface area contributed by atoms with Crippen molar-refractivity contribution < 1.29 is 27.7 Å². The summed E-state index contributed by atoms with van der Waals surface area (Å²) < 4.78 is 32.5. The zero-order valence-electron chi connectivity index (χ0n) is 24.1. The molecule has 0 spiro atoms. The number of nitrogens with one attached hydrogen (secondary N) is 2. The Labute approximate surface area is 244 Å². The molecule has 0 saturated carbocycles. The third-order valence-electron chi connectivity index (χ3n) is 7.44. The number of hydrogen-bond donors (Lipinski definition) is 2. The smallest absolute Gasteiger partial charge is 0.503 e. The van der Waals surface area contributed by atoms with Gasteiger partial charge in [-0.05, 0) is 71.2 Å². The van der Waals surface area contributed by atoms with Crippen molar-refractivity contribution in [1.29, 1.82) is 0 Å². The number of aromatic amines is 2. The SMILES string of the molecule is CCc1c(C(=O)/C=C(\OB(F)F)c2[nH]c(-c3cccc(C=O)c3)c(CC)c2CC)[nH]c(-c2cccc(C=O)c2)c1CC. The second-order valence-corrected chi connectivity index (χ2v) is 9.82. The second kappa shape index (κ2) is 13.4. The molecule has 0 atom stereocenters. The molecular weight excluding hydrogens is 537 g/mol. The van der Waals surface area contributed by atoms with Crippen LogP contribution in [-0.2, 0) is 30.3 Å². The molecule has 0 aliphatic carbocycles. The van der Waals surface area contributed by atoms with Crippen LogP contribution in [0.25, 0.3) is 28.3 Å². The molecule has 42 heavy (non-hydrogen) atoms. The molecule has 0 bridgehead atoms. The van der Waals surface area contributed by atoms with E-state index in [2.05, 4.69) is 9.97 Å². The lowest BCUT2D eigenvalue weighted by atomic mass is 9.97. The van der Waals surface area contributed by atoms with Crippen molar-refractivity contribution in [3.63, 3.8) is 0 Å². The lowest BCUT2D eigenvalue weighted by molar-refractivity contribution is 0.104. The zero-order chi connectivity index (χ0) is 30.4. The summed E-state index contributed by atoms with van der Waals surface area (Å²) >= 11 is 0. The minimum absolute atomic E-state index is 0.265. The Bertz CT molecular complexity index is 1650. The summed E-state index contributed by atoms with van der Waals surface area (Å²) in [5.74, 6) is -0.771. The van der Waals surface area contributed by atoms with E-state index < -0.39 is 13.3 Å². The third-order valence-corrected chi connectivity index (χ3v) is 7.44. The Morgan fingerprint density at radius 3 is 1.62 bits per heavy atom. The van der Waals surface area contributed by atoms with Crippen molar-refractivity contribution in [3.05, 3.63) is 99.4 Å². The molecule has 4 aromatic rings. The summed E-state index contributed by atoms with van der Waals surface area (Å²) in [5, 5.41) is 0. The summed E-state index contributed by atoms with van der Waals surface area (Å²) in [6, 6.07) is 14.1. The van der Waals surface area contributed by atoms with Crippen LogP contribution < -0.4 is 0 Å². The molecule has 0 fully saturated rings. The molecule has 0 aliphatic rings. The number of hydrogen-bond acceptors (Lipinski definition) is 4. The Balaban J connectivity index is 1.88. The van der Waals surface area contributed by atoms with Gasteiger partial charge in [0.15, 0.2) is 0 Å². The first-order valence-electron chi connectivity index (χ1n) is 14.1. The van der Waals surface area contributed by atoms with Crippen molar-refractivity contribution in [2.75, 3.05) is 0 Å². The number of carbonyl (C=O) groups is 3. The molecule has 216 valence electrons. The first-order chi connectivity index (χ1) is 20.3. The number of halogens is 2. The Morgan fingerprint density at radius 1 is 0.738 bits per heavy atom. The van der Waals surface area contributed by atoms with E-state index in [9.17, 15) is 23.0 Å². The van der Waals surface area contributed by atoms with E-state index in [0.717, 1.165) is 52.0 Å². The van der Waals surface area contributed by atoms with Crippen molar-refractivity contribution in [2.45, 2.75) is 53.4 Å². The fraction of sp³-hybridized carbons (Fsp3) is 0.242. The first kappa shape index (κ1) is 30.4. The molecular formula is C33H33BF2N2O4. The van der Waals surface area contributed by atoms with Crippen LogP contribution in [0.15, 0.2) is 54.6 Å². The number of aldehydes is 2. The number of allylic oxidation sites excluding steroid dienone is 1. The molecule has 0 radical (unpaired) electrons. The van der Waals surface area contributed by atoms with Gasteiger partial charge in [0.1, 0.15) is 18.3 Å². The van der Waals surface area contributed by atoms with Crippen LogP contribution in [0, 0.1) is 0 Å². The van der Waals surface area contributed by atoms with Crippen LogP contribution in [-0.4, -0.2) is 35.8 Å². The maximum atomic E-state index is 13.8. The molecule has 2 heterocycles. The summed E-state index contributed by atoms with van der Waals surface area (Å²) in [4.78, 5) is 43.0. The van der Waals surface area contributed by atoms with Gasteiger partial charge in [0.05, 0.1) is 11.4 Å². The highest BCUT2D eigenvalue weighted by Crippen LogP contribution is 2.35. The highest BCUT2D eigenvalue weighted by molar-refractivity contribution is 6.36. The van der Waals surface area contributed by atoms with Crippen molar-refractivity contribution in [2.24, 2.45) is 0 Å². The van der Waals surface area contributed by atoms with Crippen LogP contribution >= 0.6 is 0 Å². The quantitative estimate of drug-likeness (QED) is 0.0566. The van der Waals surface area contributed by atoms with E-state index in [1.54, 1.807) is 36.4 Å². The summed E-state index contributed by atoms with van der Waals surface area (Å²) in [6.07, 6.45) is 4.87. The fourth-order valence-electron chi connectivity index (χ4n) is 5.62. The average molecular weight is 570 g/mol. The summed E-state index contributed by atoms with van der Waals surface area (Å²) in [5.41, 5.74) is 7.81. The van der Waals surface area contributed by atoms with Crippen LogP contribution in [0.1, 0.15) is 86.8 Å².